The maximum absolute atomic E-state index is 3.32. The first kappa shape index (κ1) is 8.92. The molecule has 0 aliphatic rings. The highest BCUT2D eigenvalue weighted by Gasteiger charge is 1.88. The monoisotopic (exact) mass is 134 g/mol. The smallest absolute Gasteiger partial charge is 0.00790 e. The molecular formula is C7H22N2. The molecule has 9 heavy (non-hydrogen) atoms. The van der Waals surface area contributed by atoms with Crippen LogP contribution >= 0.6 is 0 Å². The molecule has 0 radical (unpaired) electrons. The third-order valence-corrected chi connectivity index (χ3v) is 1.10. The van der Waals surface area contributed by atoms with E-state index in [-0.39, 0.29) is 2.85 Å². The van der Waals surface area contributed by atoms with Crippen LogP contribution in [0, 0.1) is 0 Å². The van der Waals surface area contributed by atoms with Crippen LogP contribution < -0.4 is 10.6 Å². The van der Waals surface area contributed by atoms with Crippen molar-refractivity contribution in [1.82, 2.24) is 10.6 Å². The Morgan fingerprint density at radius 2 is 2.00 bits per heavy atom. The minimum Gasteiger partial charge on any atom is -0.316 e. The fraction of sp³-hybridized carbons (Fsp3) is 1.00. The summed E-state index contributed by atoms with van der Waals surface area (Å²) in [6, 6.07) is 0.614. The molecule has 0 saturated carbocycles. The highest BCUT2D eigenvalue weighted by molar-refractivity contribution is 4.53. The van der Waals surface area contributed by atoms with Crippen molar-refractivity contribution in [2.24, 2.45) is 0 Å². The normalized spacial score (nSPS) is 10.7. The molecule has 0 amide bonds. The molecule has 2 nitrogen and oxygen atoms in total. The number of hydrogen-bond donors (Lipinski definition) is 2. The first-order valence-corrected chi connectivity index (χ1v) is 3.71. The predicted octanol–water partition coefficient (Wildman–Crippen LogP) is 1.09. The molecule has 0 unspecified atom stereocenters. The summed E-state index contributed by atoms with van der Waals surface area (Å²) >= 11 is 0. The number of nitrogens with one attached hydrogen (secondary N) is 2. The van der Waals surface area contributed by atoms with E-state index in [1.807, 2.05) is 0 Å². The van der Waals surface area contributed by atoms with Gasteiger partial charge in [-0.15, -0.1) is 0 Å². The van der Waals surface area contributed by atoms with Crippen molar-refractivity contribution >= 4 is 0 Å². The van der Waals surface area contributed by atoms with E-state index in [9.17, 15) is 0 Å². The van der Waals surface area contributed by atoms with Crippen molar-refractivity contribution in [2.75, 3.05) is 19.6 Å². The van der Waals surface area contributed by atoms with Crippen molar-refractivity contribution in [1.29, 1.82) is 0 Å². The van der Waals surface area contributed by atoms with Gasteiger partial charge in [0.1, 0.15) is 0 Å². The van der Waals surface area contributed by atoms with E-state index in [4.69, 9.17) is 0 Å². The fourth-order valence-corrected chi connectivity index (χ4v) is 0.626. The predicted molar refractivity (Wildman–Crippen MR) is 45.9 cm³/mol. The summed E-state index contributed by atoms with van der Waals surface area (Å²) in [6.07, 6.45) is 0. The molecule has 0 heterocycles. The zero-order chi connectivity index (χ0) is 7.11. The summed E-state index contributed by atoms with van der Waals surface area (Å²) in [5, 5.41) is 6.56. The largest absolute Gasteiger partial charge is 0.316 e. The number of hydrogen-bond acceptors (Lipinski definition) is 2. The van der Waals surface area contributed by atoms with Gasteiger partial charge in [-0.3, -0.25) is 0 Å². The van der Waals surface area contributed by atoms with Gasteiger partial charge in [0, 0.05) is 22.0 Å². The summed E-state index contributed by atoms with van der Waals surface area (Å²) < 4.78 is 0. The summed E-state index contributed by atoms with van der Waals surface area (Å²) in [6.45, 7) is 9.66. The topological polar surface area (TPSA) is 24.1 Å². The second-order valence-corrected chi connectivity index (χ2v) is 2.46. The quantitative estimate of drug-likeness (QED) is 0.550. The van der Waals surface area contributed by atoms with E-state index in [1.54, 1.807) is 0 Å². The highest BCUT2D eigenvalue weighted by Crippen LogP contribution is 1.72. The molecule has 0 aliphatic heterocycles. The Morgan fingerprint density at radius 1 is 1.33 bits per heavy atom. The number of likely N-dealkylation sites (N-methyl/N-ethyl adjacent to an activating group) is 1. The molecule has 0 saturated heterocycles. The lowest BCUT2D eigenvalue weighted by Gasteiger charge is -2.06. The Morgan fingerprint density at radius 3 is 2.44 bits per heavy atom. The van der Waals surface area contributed by atoms with Gasteiger partial charge in [-0.25, -0.2) is 0 Å². The molecule has 60 valence electrons. The van der Waals surface area contributed by atoms with Gasteiger partial charge in [0.2, 0.25) is 0 Å². The molecule has 0 aromatic rings. The van der Waals surface area contributed by atoms with E-state index < -0.39 is 0 Å². The van der Waals surface area contributed by atoms with E-state index in [0.717, 1.165) is 19.6 Å². The van der Waals surface area contributed by atoms with Crippen LogP contribution in [0.5, 0.6) is 0 Å². The van der Waals surface area contributed by atoms with E-state index in [1.165, 1.54) is 0 Å². The SMILES string of the molecule is CCNCCNC(C)C.[HH].[HH]. The Balaban J connectivity index is -0.000000320. The van der Waals surface area contributed by atoms with E-state index >= 15 is 0 Å². The zero-order valence-electron chi connectivity index (χ0n) is 6.70. The fourth-order valence-electron chi connectivity index (χ4n) is 0.626. The van der Waals surface area contributed by atoms with Crippen LogP contribution in [0.4, 0.5) is 0 Å². The van der Waals surface area contributed by atoms with Gasteiger partial charge in [-0.05, 0) is 6.54 Å². The first-order valence-electron chi connectivity index (χ1n) is 3.71. The van der Waals surface area contributed by atoms with Crippen molar-refractivity contribution in [3.8, 4) is 0 Å². The second-order valence-electron chi connectivity index (χ2n) is 2.46. The minimum atomic E-state index is 0. The standard InChI is InChI=1S/C7H18N2.2H2/c1-4-8-5-6-9-7(2)3;;/h7-9H,4-6H2,1-3H3;2*1H. The maximum Gasteiger partial charge on any atom is 0.00790 e. The summed E-state index contributed by atoms with van der Waals surface area (Å²) in [5.74, 6) is 0. The molecule has 0 aliphatic carbocycles. The Kier molecular flexibility index (Phi) is 5.99. The zero-order valence-corrected chi connectivity index (χ0v) is 6.70. The molecule has 0 atom stereocenters. The van der Waals surface area contributed by atoms with Gasteiger partial charge in [-0.2, -0.15) is 0 Å². The van der Waals surface area contributed by atoms with Crippen molar-refractivity contribution < 1.29 is 2.85 Å². The molecular weight excluding hydrogens is 112 g/mol. The van der Waals surface area contributed by atoms with Crippen LogP contribution in [0.3, 0.4) is 0 Å². The molecule has 0 fully saturated rings. The summed E-state index contributed by atoms with van der Waals surface area (Å²) in [4.78, 5) is 0. The third-order valence-electron chi connectivity index (χ3n) is 1.10. The van der Waals surface area contributed by atoms with Gasteiger partial charge in [0.05, 0.1) is 0 Å². The van der Waals surface area contributed by atoms with Gasteiger partial charge in [0.15, 0.2) is 0 Å². The van der Waals surface area contributed by atoms with E-state index in [0.29, 0.717) is 6.04 Å². The van der Waals surface area contributed by atoms with Crippen LogP contribution in [-0.4, -0.2) is 25.7 Å². The average Bonchev–Trinajstić information content (AvgIpc) is 1.80. The van der Waals surface area contributed by atoms with Gasteiger partial charge >= 0.3 is 0 Å². The molecule has 0 aromatic heterocycles. The van der Waals surface area contributed by atoms with Crippen LogP contribution in [-0.2, 0) is 0 Å². The third kappa shape index (κ3) is 7.92. The minimum absolute atomic E-state index is 0. The van der Waals surface area contributed by atoms with Crippen molar-refractivity contribution in [2.45, 2.75) is 26.8 Å². The average molecular weight is 134 g/mol. The summed E-state index contributed by atoms with van der Waals surface area (Å²) in [5.41, 5.74) is 0. The lowest BCUT2D eigenvalue weighted by Crippen LogP contribution is -2.31. The summed E-state index contributed by atoms with van der Waals surface area (Å²) in [7, 11) is 0. The molecule has 0 bridgehead atoms. The van der Waals surface area contributed by atoms with Gasteiger partial charge < -0.3 is 10.6 Å². The van der Waals surface area contributed by atoms with Gasteiger partial charge in [0.25, 0.3) is 0 Å². The van der Waals surface area contributed by atoms with Crippen LogP contribution in [0.15, 0.2) is 0 Å². The van der Waals surface area contributed by atoms with Crippen molar-refractivity contribution in [3.63, 3.8) is 0 Å². The lowest BCUT2D eigenvalue weighted by atomic mass is 10.4. The van der Waals surface area contributed by atoms with Gasteiger partial charge in [-0.1, -0.05) is 20.8 Å². The lowest BCUT2D eigenvalue weighted by molar-refractivity contribution is 0.562. The highest BCUT2D eigenvalue weighted by atomic mass is 14.9. The molecule has 2 heteroatoms. The Labute approximate surface area is 61.0 Å². The number of rotatable bonds is 5. The maximum atomic E-state index is 3.32. The Bertz CT molecular complexity index is 60.4. The van der Waals surface area contributed by atoms with E-state index in [2.05, 4.69) is 31.4 Å². The molecule has 2 N–H and O–H groups in total. The molecule has 0 aromatic carbocycles. The molecule has 0 spiro atoms. The Hall–Kier alpha value is -0.0800. The van der Waals surface area contributed by atoms with Crippen LogP contribution in [0.2, 0.25) is 0 Å². The van der Waals surface area contributed by atoms with Crippen LogP contribution in [0.25, 0.3) is 0 Å². The molecule has 0 rings (SSSR count). The van der Waals surface area contributed by atoms with Crippen molar-refractivity contribution in [3.05, 3.63) is 0 Å². The van der Waals surface area contributed by atoms with Crippen LogP contribution in [0.1, 0.15) is 23.6 Å². The second kappa shape index (κ2) is 6.05. The first-order chi connectivity index (χ1) is 4.27.